The molecule has 0 amide bonds. The predicted molar refractivity (Wildman–Crippen MR) is 118 cm³/mol. The van der Waals surface area contributed by atoms with E-state index in [2.05, 4.69) is 15.3 Å². The maximum atomic E-state index is 12.1. The average molecular weight is 409 g/mol. The van der Waals surface area contributed by atoms with Crippen molar-refractivity contribution in [3.05, 3.63) is 76.9 Å². The van der Waals surface area contributed by atoms with E-state index in [0.29, 0.717) is 29.1 Å². The van der Waals surface area contributed by atoms with Gasteiger partial charge in [0.05, 0.1) is 0 Å². The van der Waals surface area contributed by atoms with Crippen molar-refractivity contribution in [3.8, 4) is 0 Å². The van der Waals surface area contributed by atoms with E-state index in [0.717, 1.165) is 16.7 Å². The summed E-state index contributed by atoms with van der Waals surface area (Å²) < 4.78 is 0. The molecule has 0 radical (unpaired) electrons. The number of aromatic carboxylic acids is 1. The van der Waals surface area contributed by atoms with E-state index in [9.17, 15) is 9.90 Å². The van der Waals surface area contributed by atoms with Gasteiger partial charge >= 0.3 is 5.97 Å². The van der Waals surface area contributed by atoms with Crippen LogP contribution in [-0.2, 0) is 12.3 Å². The molecule has 7 heteroatoms. The highest BCUT2D eigenvalue weighted by molar-refractivity contribution is 7.98. The first-order chi connectivity index (χ1) is 14.0. The number of anilines is 2. The van der Waals surface area contributed by atoms with Crippen molar-refractivity contribution in [2.75, 3.05) is 24.3 Å². The second-order valence-corrected chi connectivity index (χ2v) is 7.77. The third-order valence-corrected chi connectivity index (χ3v) is 5.45. The Morgan fingerprint density at radius 1 is 1.07 bits per heavy atom. The molecule has 3 aromatic rings. The van der Waals surface area contributed by atoms with Crippen LogP contribution in [0, 0.1) is 6.92 Å². The van der Waals surface area contributed by atoms with E-state index in [1.807, 2.05) is 75.6 Å². The lowest BCUT2D eigenvalue weighted by Crippen LogP contribution is -2.18. The third kappa shape index (κ3) is 5.26. The van der Waals surface area contributed by atoms with Crippen molar-refractivity contribution < 1.29 is 9.90 Å². The molecule has 150 valence electrons. The van der Waals surface area contributed by atoms with E-state index >= 15 is 0 Å². The number of aryl methyl sites for hydroxylation is 1. The summed E-state index contributed by atoms with van der Waals surface area (Å²) in [6.07, 6.45) is 0. The van der Waals surface area contributed by atoms with E-state index in [-0.39, 0.29) is 5.56 Å². The van der Waals surface area contributed by atoms with Crippen molar-refractivity contribution in [3.63, 3.8) is 0 Å². The molecule has 6 nitrogen and oxygen atoms in total. The molecule has 0 aliphatic rings. The van der Waals surface area contributed by atoms with Crippen LogP contribution in [-0.4, -0.2) is 35.1 Å². The fourth-order valence-electron chi connectivity index (χ4n) is 2.77. The van der Waals surface area contributed by atoms with Gasteiger partial charge in [-0.2, -0.15) is 4.98 Å². The van der Waals surface area contributed by atoms with Crippen LogP contribution in [0.2, 0.25) is 0 Å². The van der Waals surface area contributed by atoms with Gasteiger partial charge in [-0.15, -0.1) is 11.8 Å². The van der Waals surface area contributed by atoms with Crippen molar-refractivity contribution >= 4 is 29.5 Å². The fraction of sp³-hybridized carbons (Fsp3) is 0.227. The van der Waals surface area contributed by atoms with Crippen LogP contribution >= 0.6 is 11.8 Å². The van der Waals surface area contributed by atoms with E-state index in [1.54, 1.807) is 4.90 Å². The molecule has 2 aromatic carbocycles. The molecular formula is C22H24N4O2S. The first kappa shape index (κ1) is 20.7. The highest BCUT2D eigenvalue weighted by Crippen LogP contribution is 2.30. The van der Waals surface area contributed by atoms with Crippen LogP contribution in [0.3, 0.4) is 0 Å². The van der Waals surface area contributed by atoms with Crippen molar-refractivity contribution in [1.82, 2.24) is 9.97 Å². The predicted octanol–water partition coefficient (Wildman–Crippen LogP) is 4.45. The fourth-order valence-corrected chi connectivity index (χ4v) is 3.74. The minimum Gasteiger partial charge on any atom is -0.477 e. The molecule has 3 rings (SSSR count). The van der Waals surface area contributed by atoms with Gasteiger partial charge < -0.3 is 15.3 Å². The zero-order chi connectivity index (χ0) is 20.8. The molecule has 29 heavy (non-hydrogen) atoms. The van der Waals surface area contributed by atoms with E-state index in [1.165, 1.54) is 11.8 Å². The molecule has 0 aliphatic heterocycles. The van der Waals surface area contributed by atoms with Crippen molar-refractivity contribution in [2.45, 2.75) is 24.2 Å². The van der Waals surface area contributed by atoms with Crippen molar-refractivity contribution in [1.29, 1.82) is 0 Å². The standard InChI is InChI=1S/C22H24N4O2S/c1-15-9-7-8-12-17(15)13-23-19-18(21(27)28)20(25-22(24-19)26(2)3)29-14-16-10-5-4-6-11-16/h4-12H,13-14H2,1-3H3,(H,27,28)(H,23,24,25). The lowest BCUT2D eigenvalue weighted by atomic mass is 10.1. The van der Waals surface area contributed by atoms with Crippen LogP contribution in [0.1, 0.15) is 27.0 Å². The third-order valence-electron chi connectivity index (χ3n) is 4.40. The maximum absolute atomic E-state index is 12.1. The number of benzene rings is 2. The molecule has 0 bridgehead atoms. The summed E-state index contributed by atoms with van der Waals surface area (Å²) in [4.78, 5) is 22.8. The number of aromatic nitrogens is 2. The van der Waals surface area contributed by atoms with Gasteiger partial charge in [0.2, 0.25) is 5.95 Å². The van der Waals surface area contributed by atoms with Crippen LogP contribution in [0.5, 0.6) is 0 Å². The minimum absolute atomic E-state index is 0.102. The Balaban J connectivity index is 1.93. The molecule has 0 saturated carbocycles. The number of carboxylic acids is 1. The highest BCUT2D eigenvalue weighted by atomic mass is 32.2. The quantitative estimate of drug-likeness (QED) is 0.421. The Kier molecular flexibility index (Phi) is 6.72. The number of hydrogen-bond donors (Lipinski definition) is 2. The van der Waals surface area contributed by atoms with Crippen LogP contribution in [0.4, 0.5) is 11.8 Å². The molecule has 1 aromatic heterocycles. The van der Waals surface area contributed by atoms with Gasteiger partial charge in [-0.1, -0.05) is 54.6 Å². The second-order valence-electron chi connectivity index (χ2n) is 6.81. The Bertz CT molecular complexity index is 993. The number of nitrogens with zero attached hydrogens (tertiary/aromatic N) is 3. The lowest BCUT2D eigenvalue weighted by molar-refractivity contribution is 0.0693. The molecule has 0 aliphatic carbocycles. The van der Waals surface area contributed by atoms with Gasteiger partial charge in [0, 0.05) is 26.4 Å². The SMILES string of the molecule is Cc1ccccc1CNc1nc(N(C)C)nc(SCc2ccccc2)c1C(=O)O. The van der Waals surface area contributed by atoms with E-state index in [4.69, 9.17) is 0 Å². The number of nitrogens with one attached hydrogen (secondary N) is 1. The summed E-state index contributed by atoms with van der Waals surface area (Å²) >= 11 is 1.40. The molecule has 0 saturated heterocycles. The smallest absolute Gasteiger partial charge is 0.342 e. The topological polar surface area (TPSA) is 78.4 Å². The zero-order valence-electron chi connectivity index (χ0n) is 16.7. The first-order valence-electron chi connectivity index (χ1n) is 9.23. The summed E-state index contributed by atoms with van der Waals surface area (Å²) in [7, 11) is 3.68. The van der Waals surface area contributed by atoms with Gasteiger partial charge in [-0.05, 0) is 23.6 Å². The Morgan fingerprint density at radius 3 is 2.41 bits per heavy atom. The second kappa shape index (κ2) is 9.43. The van der Waals surface area contributed by atoms with Crippen LogP contribution < -0.4 is 10.2 Å². The van der Waals surface area contributed by atoms with Crippen LogP contribution in [0.25, 0.3) is 0 Å². The molecule has 0 fully saturated rings. The number of carbonyl (C=O) groups is 1. The van der Waals surface area contributed by atoms with Gasteiger partial charge in [0.15, 0.2) is 0 Å². The molecule has 2 N–H and O–H groups in total. The minimum atomic E-state index is -1.04. The Morgan fingerprint density at radius 2 is 1.76 bits per heavy atom. The number of thioether (sulfide) groups is 1. The van der Waals surface area contributed by atoms with E-state index < -0.39 is 5.97 Å². The zero-order valence-corrected chi connectivity index (χ0v) is 17.5. The maximum Gasteiger partial charge on any atom is 0.342 e. The number of carboxylic acid groups (broad SMARTS) is 1. The van der Waals surface area contributed by atoms with Gasteiger partial charge in [0.25, 0.3) is 0 Å². The summed E-state index contributed by atoms with van der Waals surface area (Å²) in [5.41, 5.74) is 3.43. The normalized spacial score (nSPS) is 10.6. The molecule has 1 heterocycles. The lowest BCUT2D eigenvalue weighted by Gasteiger charge is -2.17. The number of rotatable bonds is 8. The summed E-state index contributed by atoms with van der Waals surface area (Å²) in [6, 6.07) is 17.9. The average Bonchev–Trinajstić information content (AvgIpc) is 2.71. The molecule has 0 spiro atoms. The molecule has 0 unspecified atom stereocenters. The van der Waals surface area contributed by atoms with Gasteiger partial charge in [-0.3, -0.25) is 0 Å². The molecular weight excluding hydrogens is 384 g/mol. The number of hydrogen-bond acceptors (Lipinski definition) is 6. The Hall–Kier alpha value is -3.06. The first-order valence-corrected chi connectivity index (χ1v) is 10.2. The Labute approximate surface area is 175 Å². The summed E-state index contributed by atoms with van der Waals surface area (Å²) in [6.45, 7) is 2.51. The highest BCUT2D eigenvalue weighted by Gasteiger charge is 2.22. The summed E-state index contributed by atoms with van der Waals surface area (Å²) in [5, 5.41) is 13.5. The largest absolute Gasteiger partial charge is 0.477 e. The van der Waals surface area contributed by atoms with Crippen LogP contribution in [0.15, 0.2) is 59.6 Å². The molecule has 0 atom stereocenters. The van der Waals surface area contributed by atoms with Gasteiger partial charge in [0.1, 0.15) is 16.4 Å². The van der Waals surface area contributed by atoms with Crippen molar-refractivity contribution in [2.24, 2.45) is 0 Å². The summed E-state index contributed by atoms with van der Waals surface area (Å²) in [5.74, 6) is 0.383. The monoisotopic (exact) mass is 408 g/mol. The van der Waals surface area contributed by atoms with Gasteiger partial charge in [-0.25, -0.2) is 9.78 Å².